The minimum Gasteiger partial charge on any atom is -0.250 e. The first-order valence-corrected chi connectivity index (χ1v) is 10.5. The lowest BCUT2D eigenvalue weighted by Crippen LogP contribution is -2.00. The van der Waals surface area contributed by atoms with Gasteiger partial charge in [-0.1, -0.05) is 24.3 Å². The SMILES string of the molecule is CSc1ccc(/C=N/n2c(Cc3ccc(SC)cc3)n[nH]c2=S)cc1. The van der Waals surface area contributed by atoms with Crippen molar-refractivity contribution in [3.63, 3.8) is 0 Å². The van der Waals surface area contributed by atoms with Crippen LogP contribution in [0.25, 0.3) is 0 Å². The van der Waals surface area contributed by atoms with Gasteiger partial charge in [-0.15, -0.1) is 23.5 Å². The van der Waals surface area contributed by atoms with E-state index in [1.54, 1.807) is 34.4 Å². The van der Waals surface area contributed by atoms with Gasteiger partial charge < -0.3 is 0 Å². The van der Waals surface area contributed by atoms with Crippen molar-refractivity contribution in [1.29, 1.82) is 0 Å². The Bertz CT molecular complexity index is 909. The highest BCUT2D eigenvalue weighted by Crippen LogP contribution is 2.17. The second-order valence-corrected chi connectivity index (χ2v) is 7.45. The molecule has 0 aliphatic heterocycles. The Morgan fingerprint density at radius 1 is 1.04 bits per heavy atom. The Morgan fingerprint density at radius 3 is 2.24 bits per heavy atom. The Labute approximate surface area is 160 Å². The third-order valence-corrected chi connectivity index (χ3v) is 5.43. The fraction of sp³-hybridized carbons (Fsp3) is 0.167. The lowest BCUT2D eigenvalue weighted by molar-refractivity contribution is 0.791. The number of H-pyrrole nitrogens is 1. The molecule has 1 aromatic heterocycles. The van der Waals surface area contributed by atoms with Crippen molar-refractivity contribution in [1.82, 2.24) is 14.9 Å². The average molecular weight is 387 g/mol. The van der Waals surface area contributed by atoms with Crippen LogP contribution >= 0.6 is 35.7 Å². The lowest BCUT2D eigenvalue weighted by atomic mass is 10.1. The quantitative estimate of drug-likeness (QED) is 0.373. The molecule has 4 nitrogen and oxygen atoms in total. The van der Waals surface area contributed by atoms with E-state index in [0.717, 1.165) is 11.4 Å². The maximum absolute atomic E-state index is 5.31. The molecule has 3 aromatic rings. The summed E-state index contributed by atoms with van der Waals surface area (Å²) < 4.78 is 2.17. The molecule has 2 aromatic carbocycles. The number of rotatable bonds is 6. The predicted octanol–water partition coefficient (Wildman–Crippen LogP) is 4.86. The Kier molecular flexibility index (Phi) is 6.12. The first kappa shape index (κ1) is 18.0. The molecule has 0 unspecified atom stereocenters. The van der Waals surface area contributed by atoms with Gasteiger partial charge in [0.1, 0.15) is 0 Å². The minimum absolute atomic E-state index is 0.493. The molecular weight excluding hydrogens is 368 g/mol. The minimum atomic E-state index is 0.493. The van der Waals surface area contributed by atoms with Crippen LogP contribution in [0.15, 0.2) is 63.4 Å². The summed E-state index contributed by atoms with van der Waals surface area (Å²) in [7, 11) is 0. The van der Waals surface area contributed by atoms with E-state index in [0.29, 0.717) is 11.2 Å². The topological polar surface area (TPSA) is 46.0 Å². The molecule has 128 valence electrons. The smallest absolute Gasteiger partial charge is 0.216 e. The zero-order chi connectivity index (χ0) is 17.6. The molecule has 0 spiro atoms. The summed E-state index contributed by atoms with van der Waals surface area (Å²) in [4.78, 5) is 2.47. The first-order valence-electron chi connectivity index (χ1n) is 7.67. The third kappa shape index (κ3) is 4.62. The van der Waals surface area contributed by atoms with E-state index >= 15 is 0 Å². The fourth-order valence-electron chi connectivity index (χ4n) is 2.30. The summed E-state index contributed by atoms with van der Waals surface area (Å²) in [6.07, 6.45) is 6.60. The van der Waals surface area contributed by atoms with Gasteiger partial charge in [0.2, 0.25) is 4.77 Å². The number of thioether (sulfide) groups is 2. The number of benzene rings is 2. The van der Waals surface area contributed by atoms with Crippen LogP contribution < -0.4 is 0 Å². The van der Waals surface area contributed by atoms with E-state index in [9.17, 15) is 0 Å². The maximum Gasteiger partial charge on any atom is 0.216 e. The molecule has 0 saturated heterocycles. The maximum atomic E-state index is 5.31. The van der Waals surface area contributed by atoms with Crippen LogP contribution in [0.1, 0.15) is 17.0 Å². The molecule has 25 heavy (non-hydrogen) atoms. The number of aromatic amines is 1. The van der Waals surface area contributed by atoms with Gasteiger partial charge in [-0.2, -0.15) is 14.9 Å². The van der Waals surface area contributed by atoms with Crippen LogP contribution in [0, 0.1) is 4.77 Å². The number of nitrogens with one attached hydrogen (secondary N) is 1. The van der Waals surface area contributed by atoms with Crippen molar-refractivity contribution < 1.29 is 0 Å². The summed E-state index contributed by atoms with van der Waals surface area (Å²) in [6.45, 7) is 0. The van der Waals surface area contributed by atoms with Crippen LogP contribution in [-0.2, 0) is 6.42 Å². The van der Waals surface area contributed by atoms with Crippen molar-refractivity contribution in [3.8, 4) is 0 Å². The van der Waals surface area contributed by atoms with Crippen molar-refractivity contribution in [2.24, 2.45) is 5.10 Å². The van der Waals surface area contributed by atoms with E-state index < -0.39 is 0 Å². The molecular formula is C18H18N4S3. The second kappa shape index (κ2) is 8.51. The van der Waals surface area contributed by atoms with Gasteiger partial charge in [0, 0.05) is 16.2 Å². The second-order valence-electron chi connectivity index (χ2n) is 5.30. The van der Waals surface area contributed by atoms with Crippen LogP contribution in [0.4, 0.5) is 0 Å². The zero-order valence-electron chi connectivity index (χ0n) is 14.0. The van der Waals surface area contributed by atoms with E-state index in [4.69, 9.17) is 12.2 Å². The van der Waals surface area contributed by atoms with Gasteiger partial charge >= 0.3 is 0 Å². The van der Waals surface area contributed by atoms with Crippen LogP contribution in [0.3, 0.4) is 0 Å². The third-order valence-electron chi connectivity index (χ3n) is 3.68. The molecule has 0 fully saturated rings. The summed E-state index contributed by atoms with van der Waals surface area (Å²) in [5.41, 5.74) is 2.20. The highest BCUT2D eigenvalue weighted by atomic mass is 32.2. The average Bonchev–Trinajstić information content (AvgIpc) is 3.00. The Balaban J connectivity index is 1.80. The number of aromatic nitrogens is 3. The number of hydrogen-bond acceptors (Lipinski definition) is 5. The van der Waals surface area contributed by atoms with Crippen LogP contribution in [0.2, 0.25) is 0 Å². The molecule has 1 heterocycles. The predicted molar refractivity (Wildman–Crippen MR) is 110 cm³/mol. The molecule has 0 atom stereocenters. The summed E-state index contributed by atoms with van der Waals surface area (Å²) in [5, 5.41) is 11.7. The number of hydrogen-bond donors (Lipinski definition) is 1. The molecule has 0 aliphatic rings. The van der Waals surface area contributed by atoms with Crippen LogP contribution in [0.5, 0.6) is 0 Å². The van der Waals surface area contributed by atoms with E-state index in [2.05, 4.69) is 64.2 Å². The number of nitrogens with zero attached hydrogens (tertiary/aromatic N) is 3. The van der Waals surface area contributed by atoms with Gasteiger partial charge in [-0.25, -0.2) is 0 Å². The normalized spacial score (nSPS) is 11.3. The molecule has 0 aliphatic carbocycles. The first-order chi connectivity index (χ1) is 12.2. The fourth-order valence-corrected chi connectivity index (χ4v) is 3.31. The van der Waals surface area contributed by atoms with Crippen molar-refractivity contribution in [2.75, 3.05) is 12.5 Å². The summed E-state index contributed by atoms with van der Waals surface area (Å²) in [5.74, 6) is 0.791. The van der Waals surface area contributed by atoms with Gasteiger partial charge in [-0.3, -0.25) is 5.10 Å². The molecule has 3 rings (SSSR count). The largest absolute Gasteiger partial charge is 0.250 e. The van der Waals surface area contributed by atoms with E-state index in [1.165, 1.54) is 15.4 Å². The van der Waals surface area contributed by atoms with Crippen LogP contribution in [-0.4, -0.2) is 33.6 Å². The molecule has 7 heteroatoms. The molecule has 1 N–H and O–H groups in total. The van der Waals surface area contributed by atoms with E-state index in [-0.39, 0.29) is 0 Å². The monoisotopic (exact) mass is 386 g/mol. The molecule has 0 saturated carbocycles. The Morgan fingerprint density at radius 2 is 1.64 bits per heavy atom. The highest BCUT2D eigenvalue weighted by Gasteiger charge is 2.06. The van der Waals surface area contributed by atoms with Gasteiger partial charge in [0.15, 0.2) is 5.82 Å². The van der Waals surface area contributed by atoms with E-state index in [1.807, 2.05) is 12.1 Å². The van der Waals surface area contributed by atoms with Gasteiger partial charge in [-0.05, 0) is 60.1 Å². The lowest BCUT2D eigenvalue weighted by Gasteiger charge is -2.03. The molecule has 0 amide bonds. The summed E-state index contributed by atoms with van der Waals surface area (Å²) in [6, 6.07) is 16.7. The standard InChI is InChI=1S/C18H18N4S3/c1-24-15-7-3-13(4-8-15)11-17-20-21-18(23)22(17)19-12-14-5-9-16(25-2)10-6-14/h3-10,12H,11H2,1-2H3,(H,21,23)/b19-12+. The molecule has 0 bridgehead atoms. The van der Waals surface area contributed by atoms with Gasteiger partial charge in [0.05, 0.1) is 6.21 Å². The van der Waals surface area contributed by atoms with Gasteiger partial charge in [0.25, 0.3) is 0 Å². The Hall–Kier alpha value is -1.83. The van der Waals surface area contributed by atoms with Crippen molar-refractivity contribution in [2.45, 2.75) is 16.2 Å². The molecule has 0 radical (unpaired) electrons. The van der Waals surface area contributed by atoms with Crippen molar-refractivity contribution in [3.05, 3.63) is 70.3 Å². The highest BCUT2D eigenvalue weighted by molar-refractivity contribution is 7.98. The van der Waals surface area contributed by atoms with Crippen molar-refractivity contribution >= 4 is 42.0 Å². The zero-order valence-corrected chi connectivity index (χ0v) is 16.4. The summed E-state index contributed by atoms with van der Waals surface area (Å²) >= 11 is 8.76.